The number of rotatable bonds is 4. The molecule has 2 atom stereocenters. The van der Waals surface area contributed by atoms with Gasteiger partial charge in [0.05, 0.1) is 6.54 Å². The molecule has 0 bridgehead atoms. The van der Waals surface area contributed by atoms with Crippen LogP contribution in [0.2, 0.25) is 0 Å². The Hall–Kier alpha value is -6.11. The van der Waals surface area contributed by atoms with E-state index in [4.69, 9.17) is 13.8 Å². The quantitative estimate of drug-likeness (QED) is 0.182. The van der Waals surface area contributed by atoms with Gasteiger partial charge in [-0.15, -0.1) is 0 Å². The van der Waals surface area contributed by atoms with E-state index in [1.807, 2.05) is 42.5 Å². The van der Waals surface area contributed by atoms with Crippen LogP contribution >= 0.6 is 0 Å². The maximum Gasteiger partial charge on any atom is 0.136 e. The number of furan rings is 2. The summed E-state index contributed by atoms with van der Waals surface area (Å²) in [7, 11) is 0. The fourth-order valence-corrected chi connectivity index (χ4v) is 7.42. The SMILES string of the molecule is C1=C(c2cc(C3N=C(c4cccc5oc6ccccc6c45)NC(c4ccccc4)N3)cc3ccccc23)c2c(oc3ccccc23)CN1. The molecule has 2 aromatic heterocycles. The summed E-state index contributed by atoms with van der Waals surface area (Å²) in [5.41, 5.74) is 9.24. The zero-order valence-corrected chi connectivity index (χ0v) is 25.9. The summed E-state index contributed by atoms with van der Waals surface area (Å²) in [5.74, 6) is 1.77. The second-order valence-corrected chi connectivity index (χ2v) is 12.4. The minimum absolute atomic E-state index is 0.174. The van der Waals surface area contributed by atoms with Crippen LogP contribution in [0.4, 0.5) is 0 Å². The third-order valence-corrected chi connectivity index (χ3v) is 9.59. The van der Waals surface area contributed by atoms with Gasteiger partial charge in [0, 0.05) is 39.1 Å². The predicted molar refractivity (Wildman–Crippen MR) is 193 cm³/mol. The van der Waals surface area contributed by atoms with Crippen LogP contribution in [0.25, 0.3) is 49.3 Å². The molecule has 230 valence electrons. The van der Waals surface area contributed by atoms with Crippen molar-refractivity contribution in [3.63, 3.8) is 0 Å². The van der Waals surface area contributed by atoms with Gasteiger partial charge in [0.1, 0.15) is 40.7 Å². The van der Waals surface area contributed by atoms with Crippen molar-refractivity contribution in [1.82, 2.24) is 16.0 Å². The standard InChI is InChI=1S/C42H30N4O2/c1-2-11-25(12-3-1)40-44-41(46-42(45-40)31-17-10-20-36-38(31)29-15-6-8-18-34(29)47-36)27-21-26-13-4-5-14-28(26)32(22-27)33-23-43-24-37-39(33)30-16-7-9-19-35(30)48-37/h1-23,40-41,43-44H,24H2,(H,45,46). The van der Waals surface area contributed by atoms with Crippen LogP contribution in [0.15, 0.2) is 153 Å². The number of aliphatic imine (C=N–C) groups is 1. The first-order valence-electron chi connectivity index (χ1n) is 16.3. The van der Waals surface area contributed by atoms with Crippen LogP contribution in [0, 0.1) is 0 Å². The molecular formula is C42H30N4O2. The molecule has 4 heterocycles. The monoisotopic (exact) mass is 622 g/mol. The topological polar surface area (TPSA) is 74.7 Å². The van der Waals surface area contributed by atoms with Crippen LogP contribution in [-0.2, 0) is 6.54 Å². The van der Waals surface area contributed by atoms with Gasteiger partial charge < -0.3 is 19.5 Å². The lowest BCUT2D eigenvalue weighted by atomic mass is 9.89. The van der Waals surface area contributed by atoms with E-state index >= 15 is 0 Å². The number of nitrogens with one attached hydrogen (secondary N) is 3. The molecule has 2 unspecified atom stereocenters. The van der Waals surface area contributed by atoms with Gasteiger partial charge in [-0.3, -0.25) is 5.32 Å². The van der Waals surface area contributed by atoms with Gasteiger partial charge in [0.2, 0.25) is 0 Å². The molecule has 6 nitrogen and oxygen atoms in total. The first-order chi connectivity index (χ1) is 23.8. The fraction of sp³-hybridized carbons (Fsp3) is 0.0714. The lowest BCUT2D eigenvalue weighted by Gasteiger charge is -2.32. The van der Waals surface area contributed by atoms with Gasteiger partial charge in [-0.25, -0.2) is 4.99 Å². The van der Waals surface area contributed by atoms with E-state index in [1.54, 1.807) is 0 Å². The molecule has 0 saturated carbocycles. The highest BCUT2D eigenvalue weighted by Crippen LogP contribution is 2.41. The van der Waals surface area contributed by atoms with Gasteiger partial charge >= 0.3 is 0 Å². The minimum atomic E-state index is -0.332. The molecule has 0 aliphatic carbocycles. The van der Waals surface area contributed by atoms with Crippen molar-refractivity contribution >= 4 is 55.1 Å². The molecule has 0 spiro atoms. The zero-order chi connectivity index (χ0) is 31.6. The lowest BCUT2D eigenvalue weighted by Crippen LogP contribution is -2.45. The molecular weight excluding hydrogens is 592 g/mol. The molecule has 3 N–H and O–H groups in total. The molecule has 0 radical (unpaired) electrons. The molecule has 2 aliphatic rings. The van der Waals surface area contributed by atoms with Crippen LogP contribution in [-0.4, -0.2) is 5.84 Å². The van der Waals surface area contributed by atoms with Gasteiger partial charge in [0.25, 0.3) is 0 Å². The Balaban J connectivity index is 1.18. The van der Waals surface area contributed by atoms with Crippen molar-refractivity contribution in [3.8, 4) is 0 Å². The zero-order valence-electron chi connectivity index (χ0n) is 25.9. The Kier molecular flexibility index (Phi) is 6.04. The Morgan fingerprint density at radius 1 is 0.604 bits per heavy atom. The highest BCUT2D eigenvalue weighted by atomic mass is 16.3. The first-order valence-corrected chi connectivity index (χ1v) is 16.3. The summed E-state index contributed by atoms with van der Waals surface area (Å²) in [4.78, 5) is 5.41. The molecule has 0 amide bonds. The normalized spacial score (nSPS) is 17.6. The predicted octanol–water partition coefficient (Wildman–Crippen LogP) is 9.31. The average molecular weight is 623 g/mol. The van der Waals surface area contributed by atoms with E-state index in [1.165, 1.54) is 5.39 Å². The largest absolute Gasteiger partial charge is 0.459 e. The molecule has 6 aromatic carbocycles. The number of benzene rings is 6. The van der Waals surface area contributed by atoms with Crippen molar-refractivity contribution in [1.29, 1.82) is 0 Å². The Bertz CT molecular complexity index is 2590. The Morgan fingerprint density at radius 3 is 2.21 bits per heavy atom. The van der Waals surface area contributed by atoms with Crippen molar-refractivity contribution in [2.75, 3.05) is 0 Å². The summed E-state index contributed by atoms with van der Waals surface area (Å²) in [6.07, 6.45) is 1.63. The fourth-order valence-electron chi connectivity index (χ4n) is 7.42. The van der Waals surface area contributed by atoms with E-state index in [2.05, 4.69) is 113 Å². The number of amidine groups is 1. The van der Waals surface area contributed by atoms with Crippen molar-refractivity contribution in [3.05, 3.63) is 173 Å². The molecule has 0 saturated heterocycles. The molecule has 10 rings (SSSR count). The molecule has 0 fully saturated rings. The van der Waals surface area contributed by atoms with Crippen molar-refractivity contribution < 1.29 is 8.83 Å². The van der Waals surface area contributed by atoms with E-state index in [-0.39, 0.29) is 12.3 Å². The van der Waals surface area contributed by atoms with Gasteiger partial charge in [0.15, 0.2) is 0 Å². The number of para-hydroxylation sites is 2. The van der Waals surface area contributed by atoms with Gasteiger partial charge in [-0.05, 0) is 57.8 Å². The van der Waals surface area contributed by atoms with Gasteiger partial charge in [-0.2, -0.15) is 0 Å². The van der Waals surface area contributed by atoms with Crippen LogP contribution < -0.4 is 16.0 Å². The lowest BCUT2D eigenvalue weighted by molar-refractivity contribution is 0.409. The van der Waals surface area contributed by atoms with Crippen molar-refractivity contribution in [2.24, 2.45) is 4.99 Å². The molecule has 2 aliphatic heterocycles. The van der Waals surface area contributed by atoms with Crippen molar-refractivity contribution in [2.45, 2.75) is 18.9 Å². The summed E-state index contributed by atoms with van der Waals surface area (Å²) in [5, 5.41) is 16.6. The summed E-state index contributed by atoms with van der Waals surface area (Å²) in [6.45, 7) is 0.654. The Morgan fingerprint density at radius 2 is 1.33 bits per heavy atom. The molecule has 48 heavy (non-hydrogen) atoms. The number of nitrogens with zero attached hydrogens (tertiary/aromatic N) is 1. The average Bonchev–Trinajstić information content (AvgIpc) is 3.73. The van der Waals surface area contributed by atoms with E-state index in [0.29, 0.717) is 6.54 Å². The maximum atomic E-state index is 6.33. The highest BCUT2D eigenvalue weighted by molar-refractivity contribution is 6.18. The van der Waals surface area contributed by atoms with Gasteiger partial charge in [-0.1, -0.05) is 103 Å². The summed E-state index contributed by atoms with van der Waals surface area (Å²) >= 11 is 0. The van der Waals surface area contributed by atoms with E-state index in [0.717, 1.165) is 83.3 Å². The second-order valence-electron chi connectivity index (χ2n) is 12.4. The van der Waals surface area contributed by atoms with Crippen LogP contribution in [0.1, 0.15) is 45.9 Å². The number of fused-ring (bicyclic) bond motifs is 7. The van der Waals surface area contributed by atoms with Crippen LogP contribution in [0.3, 0.4) is 0 Å². The van der Waals surface area contributed by atoms with Crippen LogP contribution in [0.5, 0.6) is 0 Å². The number of hydrogen-bond donors (Lipinski definition) is 3. The third kappa shape index (κ3) is 4.27. The number of hydrogen-bond acceptors (Lipinski definition) is 6. The smallest absolute Gasteiger partial charge is 0.136 e. The first kappa shape index (κ1) is 27.0. The highest BCUT2D eigenvalue weighted by Gasteiger charge is 2.29. The third-order valence-electron chi connectivity index (χ3n) is 9.59. The summed E-state index contributed by atoms with van der Waals surface area (Å²) < 4.78 is 12.6. The molecule has 8 aromatic rings. The molecule has 6 heteroatoms. The Labute approximate surface area is 276 Å². The second kappa shape index (κ2) is 10.7. The summed E-state index contributed by atoms with van der Waals surface area (Å²) in [6, 6.07) is 46.4. The van der Waals surface area contributed by atoms with E-state index in [9.17, 15) is 0 Å². The minimum Gasteiger partial charge on any atom is -0.459 e. The maximum absolute atomic E-state index is 6.33. The van der Waals surface area contributed by atoms with E-state index < -0.39 is 0 Å².